The minimum absolute atomic E-state index is 0. The number of nitrogens with two attached hydrogens (primary N) is 1. The van der Waals surface area contributed by atoms with Crippen LogP contribution in [0.15, 0.2) is 0 Å². The summed E-state index contributed by atoms with van der Waals surface area (Å²) in [7, 11) is 3.77. The van der Waals surface area contributed by atoms with E-state index >= 15 is 0 Å². The van der Waals surface area contributed by atoms with Crippen LogP contribution in [0.5, 0.6) is 0 Å². The van der Waals surface area contributed by atoms with Crippen LogP contribution >= 0.6 is 23.7 Å². The maximum Gasteiger partial charge on any atom is 0.309 e. The van der Waals surface area contributed by atoms with Gasteiger partial charge in [0.15, 0.2) is 5.01 Å². The van der Waals surface area contributed by atoms with E-state index in [9.17, 15) is 19.2 Å². The predicted octanol–water partition coefficient (Wildman–Crippen LogP) is -0.100. The summed E-state index contributed by atoms with van der Waals surface area (Å²) in [4.78, 5) is 58.1. The van der Waals surface area contributed by atoms with Crippen LogP contribution in [0.3, 0.4) is 0 Å². The molecule has 1 aromatic rings. The Morgan fingerprint density at radius 3 is 2.59 bits per heavy atom. The largest absolute Gasteiger partial charge is 0.361 e. The van der Waals surface area contributed by atoms with Gasteiger partial charge in [-0.1, -0.05) is 0 Å². The average molecular weight is 487 g/mol. The molecular weight excluding hydrogens is 456 g/mol. The molecule has 0 unspecified atom stereocenters. The van der Waals surface area contributed by atoms with Crippen molar-refractivity contribution in [1.82, 2.24) is 25.4 Å². The van der Waals surface area contributed by atoms with E-state index in [1.54, 1.807) is 11.9 Å². The quantitative estimate of drug-likeness (QED) is 0.497. The molecule has 4 amide bonds. The van der Waals surface area contributed by atoms with Gasteiger partial charge in [0.05, 0.1) is 11.7 Å². The van der Waals surface area contributed by atoms with Crippen LogP contribution in [0.4, 0.5) is 0 Å². The Morgan fingerprint density at radius 1 is 1.22 bits per heavy atom. The number of carbonyl (C=O) groups is 4. The van der Waals surface area contributed by atoms with Crippen molar-refractivity contribution in [2.45, 2.75) is 51.2 Å². The number of nitrogens with one attached hydrogen (secondary N) is 2. The van der Waals surface area contributed by atoms with Crippen molar-refractivity contribution in [2.24, 2.45) is 11.7 Å². The van der Waals surface area contributed by atoms with E-state index in [-0.39, 0.29) is 30.1 Å². The molecule has 0 radical (unpaired) electrons. The van der Waals surface area contributed by atoms with Gasteiger partial charge >= 0.3 is 11.8 Å². The van der Waals surface area contributed by atoms with Crippen LogP contribution in [-0.2, 0) is 27.3 Å². The SMILES string of the molecule is CCN(C)C(=O)[C@H]1CC[C@H](NC(=O)C(N)=O)[C@H](NC(=O)c2nc3c(s2)CN(C)CC3)C1.Cl. The molecule has 12 heteroatoms. The lowest BCUT2D eigenvalue weighted by atomic mass is 9.81. The van der Waals surface area contributed by atoms with Crippen molar-refractivity contribution in [3.05, 3.63) is 15.6 Å². The third kappa shape index (κ3) is 5.96. The van der Waals surface area contributed by atoms with Crippen LogP contribution in [0, 0.1) is 5.92 Å². The molecule has 0 spiro atoms. The molecule has 2 heterocycles. The van der Waals surface area contributed by atoms with Gasteiger partial charge < -0.3 is 26.2 Å². The highest BCUT2D eigenvalue weighted by Gasteiger charge is 2.37. The van der Waals surface area contributed by atoms with Crippen molar-refractivity contribution >= 4 is 47.4 Å². The first-order valence-electron chi connectivity index (χ1n) is 10.5. The number of primary amides is 1. The second-order valence-corrected chi connectivity index (χ2v) is 9.35. The molecule has 3 rings (SSSR count). The number of nitrogens with zero attached hydrogens (tertiary/aromatic N) is 3. The number of thiazole rings is 1. The number of fused-ring (bicyclic) bond motifs is 1. The molecule has 32 heavy (non-hydrogen) atoms. The maximum atomic E-state index is 13.0. The summed E-state index contributed by atoms with van der Waals surface area (Å²) in [5, 5.41) is 5.93. The fourth-order valence-corrected chi connectivity index (χ4v) is 5.18. The monoisotopic (exact) mass is 486 g/mol. The molecule has 1 aliphatic heterocycles. The zero-order chi connectivity index (χ0) is 22.7. The van der Waals surface area contributed by atoms with Gasteiger partial charge in [-0.25, -0.2) is 4.98 Å². The third-order valence-electron chi connectivity index (χ3n) is 6.02. The maximum absolute atomic E-state index is 13.0. The summed E-state index contributed by atoms with van der Waals surface area (Å²) in [6, 6.07) is -0.993. The van der Waals surface area contributed by atoms with E-state index in [2.05, 4.69) is 20.5 Å². The van der Waals surface area contributed by atoms with Crippen LogP contribution in [0.2, 0.25) is 0 Å². The van der Waals surface area contributed by atoms with E-state index in [0.29, 0.717) is 30.8 Å². The highest BCUT2D eigenvalue weighted by atomic mass is 35.5. The Labute approximate surface area is 197 Å². The first kappa shape index (κ1) is 26.0. The van der Waals surface area contributed by atoms with E-state index in [1.807, 2.05) is 14.0 Å². The molecule has 1 aliphatic carbocycles. The number of likely N-dealkylation sites (N-methyl/N-ethyl adjacent to an activating group) is 1. The molecule has 4 N–H and O–H groups in total. The Bertz CT molecular complexity index is 878. The minimum atomic E-state index is -1.08. The smallest absolute Gasteiger partial charge is 0.309 e. The summed E-state index contributed by atoms with van der Waals surface area (Å²) >= 11 is 1.37. The van der Waals surface area contributed by atoms with Gasteiger partial charge in [0.1, 0.15) is 0 Å². The first-order valence-corrected chi connectivity index (χ1v) is 11.3. The highest BCUT2D eigenvalue weighted by Crippen LogP contribution is 2.28. The molecule has 178 valence electrons. The Kier molecular flexibility index (Phi) is 8.99. The number of aromatic nitrogens is 1. The Balaban J connectivity index is 0.00000363. The molecule has 1 saturated carbocycles. The van der Waals surface area contributed by atoms with E-state index in [1.165, 1.54) is 11.3 Å². The topological polar surface area (TPSA) is 138 Å². The molecule has 0 aromatic carbocycles. The minimum Gasteiger partial charge on any atom is -0.361 e. The van der Waals surface area contributed by atoms with Gasteiger partial charge in [-0.15, -0.1) is 23.7 Å². The second-order valence-electron chi connectivity index (χ2n) is 8.26. The van der Waals surface area contributed by atoms with Gasteiger partial charge in [0.25, 0.3) is 5.91 Å². The van der Waals surface area contributed by atoms with E-state index in [0.717, 1.165) is 30.1 Å². The van der Waals surface area contributed by atoms with Crippen LogP contribution in [0.25, 0.3) is 0 Å². The van der Waals surface area contributed by atoms with Crippen molar-refractivity contribution in [3.63, 3.8) is 0 Å². The van der Waals surface area contributed by atoms with Crippen molar-refractivity contribution in [2.75, 3.05) is 27.2 Å². The fourth-order valence-electron chi connectivity index (χ4n) is 4.08. The van der Waals surface area contributed by atoms with Crippen LogP contribution < -0.4 is 16.4 Å². The van der Waals surface area contributed by atoms with E-state index < -0.39 is 23.9 Å². The van der Waals surface area contributed by atoms with Crippen molar-refractivity contribution in [3.8, 4) is 0 Å². The molecule has 10 nitrogen and oxygen atoms in total. The molecule has 1 aromatic heterocycles. The summed E-state index contributed by atoms with van der Waals surface area (Å²) in [6.07, 6.45) is 2.18. The lowest BCUT2D eigenvalue weighted by molar-refractivity contribution is -0.138. The summed E-state index contributed by atoms with van der Waals surface area (Å²) in [5.41, 5.74) is 6.03. The van der Waals surface area contributed by atoms with Gasteiger partial charge in [-0.05, 0) is 33.2 Å². The predicted molar refractivity (Wildman–Crippen MR) is 122 cm³/mol. The Hall–Kier alpha value is -2.24. The van der Waals surface area contributed by atoms with Crippen LogP contribution in [0.1, 0.15) is 46.6 Å². The van der Waals surface area contributed by atoms with Gasteiger partial charge in [-0.3, -0.25) is 19.2 Å². The molecule has 3 atom stereocenters. The number of hydrogen-bond acceptors (Lipinski definition) is 7. The number of carbonyl (C=O) groups excluding carboxylic acids is 4. The zero-order valence-electron chi connectivity index (χ0n) is 18.6. The number of hydrogen-bond donors (Lipinski definition) is 3. The molecular formula is C20H31ClN6O4S. The average Bonchev–Trinajstić information content (AvgIpc) is 3.17. The summed E-state index contributed by atoms with van der Waals surface area (Å²) in [6.45, 7) is 4.15. The molecule has 2 aliphatic rings. The first-order chi connectivity index (χ1) is 14.7. The summed E-state index contributed by atoms with van der Waals surface area (Å²) in [5.74, 6) is -2.57. The number of rotatable bonds is 5. The van der Waals surface area contributed by atoms with Gasteiger partial charge in [-0.2, -0.15) is 0 Å². The van der Waals surface area contributed by atoms with Crippen molar-refractivity contribution in [1.29, 1.82) is 0 Å². The molecule has 1 fully saturated rings. The standard InChI is InChI=1S/C20H30N6O4S.ClH/c1-4-26(3)20(30)11-5-6-12(22-17(28)16(21)27)14(9-11)23-18(29)19-24-13-7-8-25(2)10-15(13)31-19;/h11-12,14H,4-10H2,1-3H3,(H2,21,27)(H,22,28)(H,23,29);1H/t11-,12-,14+;/m0./s1. The number of halogens is 1. The Morgan fingerprint density at radius 2 is 1.94 bits per heavy atom. The number of amides is 4. The van der Waals surface area contributed by atoms with Gasteiger partial charge in [0.2, 0.25) is 5.91 Å². The normalized spacial score (nSPS) is 22.8. The second kappa shape index (κ2) is 11.1. The lowest BCUT2D eigenvalue weighted by Gasteiger charge is -2.37. The third-order valence-corrected chi connectivity index (χ3v) is 7.10. The molecule has 0 bridgehead atoms. The summed E-state index contributed by atoms with van der Waals surface area (Å²) < 4.78 is 0. The zero-order valence-corrected chi connectivity index (χ0v) is 20.2. The van der Waals surface area contributed by atoms with Crippen LogP contribution in [-0.4, -0.2) is 77.7 Å². The van der Waals surface area contributed by atoms with Crippen molar-refractivity contribution < 1.29 is 19.2 Å². The lowest BCUT2D eigenvalue weighted by Crippen LogP contribution is -2.57. The fraction of sp³-hybridized carbons (Fsp3) is 0.650. The van der Waals surface area contributed by atoms with Gasteiger partial charge in [0, 0.05) is 49.9 Å². The van der Waals surface area contributed by atoms with E-state index in [4.69, 9.17) is 5.73 Å². The molecule has 0 saturated heterocycles. The highest BCUT2D eigenvalue weighted by molar-refractivity contribution is 7.13.